The number of sulfonamides is 1. The van der Waals surface area contributed by atoms with Crippen LogP contribution in [0.5, 0.6) is 0 Å². The average Bonchev–Trinajstić information content (AvgIpc) is 2.60. The third-order valence-electron chi connectivity index (χ3n) is 4.61. The van der Waals surface area contributed by atoms with Crippen molar-refractivity contribution >= 4 is 27.6 Å². The molecule has 2 aromatic rings. The molecule has 0 heterocycles. The molecule has 8 heteroatoms. The average molecular weight is 388 g/mol. The fourth-order valence-electron chi connectivity index (χ4n) is 3.09. The number of hydrogen-bond donors (Lipinski definition) is 3. The molecule has 142 valence electrons. The molecule has 27 heavy (non-hydrogen) atoms. The summed E-state index contributed by atoms with van der Waals surface area (Å²) >= 11 is 0. The van der Waals surface area contributed by atoms with Gasteiger partial charge in [-0.25, -0.2) is 8.42 Å². The molecule has 0 aliphatic heterocycles. The molecule has 1 fully saturated rings. The van der Waals surface area contributed by atoms with Crippen molar-refractivity contribution in [1.82, 2.24) is 5.32 Å². The predicted molar refractivity (Wildman–Crippen MR) is 100.0 cm³/mol. The molecule has 1 amide bonds. The predicted octanol–water partition coefficient (Wildman–Crippen LogP) is 2.61. The second-order valence-electron chi connectivity index (χ2n) is 6.66. The summed E-state index contributed by atoms with van der Waals surface area (Å²) in [6.45, 7) is 0. The second-order valence-corrected chi connectivity index (χ2v) is 8.34. The fraction of sp³-hybridized carbons (Fsp3) is 0.263. The van der Waals surface area contributed by atoms with Crippen molar-refractivity contribution < 1.29 is 23.1 Å². The Morgan fingerprint density at radius 2 is 1.74 bits per heavy atom. The van der Waals surface area contributed by atoms with Crippen LogP contribution in [-0.4, -0.2) is 30.9 Å². The van der Waals surface area contributed by atoms with Gasteiger partial charge in [0.2, 0.25) is 0 Å². The van der Waals surface area contributed by atoms with Crippen LogP contribution in [0.15, 0.2) is 59.5 Å². The molecule has 1 aliphatic carbocycles. The Morgan fingerprint density at radius 3 is 2.33 bits per heavy atom. The van der Waals surface area contributed by atoms with E-state index in [0.29, 0.717) is 12.8 Å². The van der Waals surface area contributed by atoms with Gasteiger partial charge in [-0.1, -0.05) is 24.3 Å². The van der Waals surface area contributed by atoms with Gasteiger partial charge in [0.15, 0.2) is 0 Å². The zero-order valence-corrected chi connectivity index (χ0v) is 15.3. The van der Waals surface area contributed by atoms with E-state index in [1.54, 1.807) is 36.4 Å². The molecule has 1 saturated carbocycles. The first kappa shape index (κ1) is 18.9. The van der Waals surface area contributed by atoms with Crippen LogP contribution in [0.1, 0.15) is 36.0 Å². The van der Waals surface area contributed by atoms with Crippen molar-refractivity contribution in [2.45, 2.75) is 36.1 Å². The van der Waals surface area contributed by atoms with Crippen LogP contribution in [-0.2, 0) is 14.8 Å². The van der Waals surface area contributed by atoms with E-state index in [1.807, 2.05) is 0 Å². The number of anilines is 1. The third-order valence-corrected chi connectivity index (χ3v) is 6.01. The Kier molecular flexibility index (Phi) is 5.18. The first-order valence-electron chi connectivity index (χ1n) is 8.52. The number of benzene rings is 2. The van der Waals surface area contributed by atoms with E-state index in [2.05, 4.69) is 10.0 Å². The Hall–Kier alpha value is -2.87. The number of carboxylic acid groups (broad SMARTS) is 1. The van der Waals surface area contributed by atoms with E-state index in [1.165, 1.54) is 18.2 Å². The molecule has 2 aromatic carbocycles. The SMILES string of the molecule is O=C(O)CC1(NC(=O)c2cccc(NS(=O)(=O)c3ccccc3)c2)CCC1. The van der Waals surface area contributed by atoms with Gasteiger partial charge in [0.25, 0.3) is 15.9 Å². The molecule has 1 aliphatic rings. The Bertz CT molecular complexity index is 953. The summed E-state index contributed by atoms with van der Waals surface area (Å²) in [5.41, 5.74) is -0.199. The van der Waals surface area contributed by atoms with Gasteiger partial charge in [0.05, 0.1) is 16.9 Å². The zero-order chi connectivity index (χ0) is 19.5. The summed E-state index contributed by atoms with van der Waals surface area (Å²) in [5, 5.41) is 11.9. The van der Waals surface area contributed by atoms with E-state index >= 15 is 0 Å². The molecule has 7 nitrogen and oxygen atoms in total. The van der Waals surface area contributed by atoms with Crippen molar-refractivity contribution in [3.05, 3.63) is 60.2 Å². The highest BCUT2D eigenvalue weighted by atomic mass is 32.2. The molecule has 0 unspecified atom stereocenters. The number of amides is 1. The maximum absolute atomic E-state index is 12.5. The van der Waals surface area contributed by atoms with Gasteiger partial charge in [0, 0.05) is 11.3 Å². The van der Waals surface area contributed by atoms with Gasteiger partial charge in [-0.3, -0.25) is 14.3 Å². The Labute approximate surface area is 157 Å². The lowest BCUT2D eigenvalue weighted by atomic mass is 9.74. The topological polar surface area (TPSA) is 113 Å². The quantitative estimate of drug-likeness (QED) is 0.675. The maximum Gasteiger partial charge on any atom is 0.305 e. The standard InChI is InChI=1S/C19H20N2O5S/c22-17(23)13-19(10-5-11-19)20-18(24)14-6-4-7-15(12-14)21-27(25,26)16-8-2-1-3-9-16/h1-4,6-9,12,21H,5,10-11,13H2,(H,20,24)(H,22,23). The number of carboxylic acids is 1. The molecule has 0 atom stereocenters. The molecule has 0 saturated heterocycles. The highest BCUT2D eigenvalue weighted by molar-refractivity contribution is 7.92. The number of aliphatic carboxylic acids is 1. The highest BCUT2D eigenvalue weighted by Gasteiger charge is 2.40. The lowest BCUT2D eigenvalue weighted by Gasteiger charge is -2.41. The van der Waals surface area contributed by atoms with Crippen LogP contribution < -0.4 is 10.0 Å². The van der Waals surface area contributed by atoms with Gasteiger partial charge in [-0.2, -0.15) is 0 Å². The van der Waals surface area contributed by atoms with Crippen LogP contribution in [0.4, 0.5) is 5.69 Å². The van der Waals surface area contributed by atoms with Gasteiger partial charge < -0.3 is 10.4 Å². The van der Waals surface area contributed by atoms with Crippen LogP contribution in [0.2, 0.25) is 0 Å². The zero-order valence-electron chi connectivity index (χ0n) is 14.5. The molecule has 0 spiro atoms. The van der Waals surface area contributed by atoms with E-state index in [4.69, 9.17) is 5.11 Å². The summed E-state index contributed by atoms with van der Waals surface area (Å²) in [7, 11) is -3.76. The summed E-state index contributed by atoms with van der Waals surface area (Å²) in [5.74, 6) is -1.38. The van der Waals surface area contributed by atoms with Crippen LogP contribution in [0.25, 0.3) is 0 Å². The van der Waals surface area contributed by atoms with Gasteiger partial charge in [-0.15, -0.1) is 0 Å². The van der Waals surface area contributed by atoms with E-state index < -0.39 is 27.4 Å². The van der Waals surface area contributed by atoms with Crippen molar-refractivity contribution in [2.24, 2.45) is 0 Å². The summed E-state index contributed by atoms with van der Waals surface area (Å²) in [6.07, 6.45) is 1.97. The third kappa shape index (κ3) is 4.46. The normalized spacial score (nSPS) is 15.4. The first-order valence-corrected chi connectivity index (χ1v) is 10.0. The van der Waals surface area contributed by atoms with Crippen LogP contribution in [0, 0.1) is 0 Å². The Balaban J connectivity index is 1.75. The molecule has 3 N–H and O–H groups in total. The number of carbonyl (C=O) groups excluding carboxylic acids is 1. The lowest BCUT2D eigenvalue weighted by Crippen LogP contribution is -2.54. The van der Waals surface area contributed by atoms with Gasteiger partial charge >= 0.3 is 5.97 Å². The van der Waals surface area contributed by atoms with Crippen LogP contribution in [0.3, 0.4) is 0 Å². The van der Waals surface area contributed by atoms with E-state index in [9.17, 15) is 18.0 Å². The summed E-state index contributed by atoms with van der Waals surface area (Å²) in [4.78, 5) is 23.7. The molecular weight excluding hydrogens is 368 g/mol. The number of hydrogen-bond acceptors (Lipinski definition) is 4. The monoisotopic (exact) mass is 388 g/mol. The highest BCUT2D eigenvalue weighted by Crippen LogP contribution is 2.35. The van der Waals surface area contributed by atoms with Gasteiger partial charge in [-0.05, 0) is 49.6 Å². The minimum Gasteiger partial charge on any atom is -0.481 e. The minimum atomic E-state index is -3.76. The molecule has 0 aromatic heterocycles. The van der Waals surface area contributed by atoms with Gasteiger partial charge in [0.1, 0.15) is 0 Å². The minimum absolute atomic E-state index is 0.120. The number of carbonyl (C=O) groups is 2. The molecular formula is C19H20N2O5S. The summed E-state index contributed by atoms with van der Waals surface area (Å²) in [6, 6.07) is 14.0. The Morgan fingerprint density at radius 1 is 1.04 bits per heavy atom. The largest absolute Gasteiger partial charge is 0.481 e. The van der Waals surface area contributed by atoms with Crippen molar-refractivity contribution in [3.8, 4) is 0 Å². The smallest absolute Gasteiger partial charge is 0.305 e. The first-order chi connectivity index (χ1) is 12.8. The molecule has 3 rings (SSSR count). The van der Waals surface area contributed by atoms with Crippen molar-refractivity contribution in [1.29, 1.82) is 0 Å². The van der Waals surface area contributed by atoms with E-state index in [-0.39, 0.29) is 22.6 Å². The summed E-state index contributed by atoms with van der Waals surface area (Å²) < 4.78 is 27.3. The number of nitrogens with one attached hydrogen (secondary N) is 2. The maximum atomic E-state index is 12.5. The molecule has 0 radical (unpaired) electrons. The lowest BCUT2D eigenvalue weighted by molar-refractivity contribution is -0.139. The fourth-order valence-corrected chi connectivity index (χ4v) is 4.16. The molecule has 0 bridgehead atoms. The van der Waals surface area contributed by atoms with Crippen LogP contribution >= 0.6 is 0 Å². The van der Waals surface area contributed by atoms with Crippen molar-refractivity contribution in [3.63, 3.8) is 0 Å². The second kappa shape index (κ2) is 7.40. The number of rotatable bonds is 7. The van der Waals surface area contributed by atoms with Crippen molar-refractivity contribution in [2.75, 3.05) is 4.72 Å². The van der Waals surface area contributed by atoms with E-state index in [0.717, 1.165) is 6.42 Å².